The number of fused-ring (bicyclic) bond motifs is 1. The van der Waals surface area contributed by atoms with Crippen LogP contribution in [0.15, 0.2) is 36.5 Å². The largest absolute Gasteiger partial charge is 0.307 e. The van der Waals surface area contributed by atoms with Gasteiger partial charge in [0.2, 0.25) is 0 Å². The molecular weight excluding hydrogens is 273 g/mol. The van der Waals surface area contributed by atoms with Crippen LogP contribution in [-0.4, -0.2) is 16.8 Å². The van der Waals surface area contributed by atoms with Crippen molar-refractivity contribution in [1.82, 2.24) is 15.1 Å². The molecule has 1 unspecified atom stereocenters. The maximum atomic E-state index is 13.3. The molecule has 1 N–H and O–H groups in total. The van der Waals surface area contributed by atoms with Gasteiger partial charge in [0.25, 0.3) is 0 Å². The van der Waals surface area contributed by atoms with E-state index in [1.54, 1.807) is 17.4 Å². The summed E-state index contributed by atoms with van der Waals surface area (Å²) in [5.41, 5.74) is 1.13. The first-order valence-corrected chi connectivity index (χ1v) is 7.42. The van der Waals surface area contributed by atoms with Gasteiger partial charge in [0.15, 0.2) is 0 Å². The molecular formula is C15H16FN3S. The van der Waals surface area contributed by atoms with E-state index in [1.807, 2.05) is 30.1 Å². The van der Waals surface area contributed by atoms with Crippen molar-refractivity contribution in [3.05, 3.63) is 52.9 Å². The number of rotatable bonds is 4. The van der Waals surface area contributed by atoms with Crippen molar-refractivity contribution in [3.8, 4) is 0 Å². The van der Waals surface area contributed by atoms with Crippen LogP contribution in [0.3, 0.4) is 0 Å². The topological polar surface area (TPSA) is 29.9 Å². The Morgan fingerprint density at radius 1 is 1.35 bits per heavy atom. The van der Waals surface area contributed by atoms with Gasteiger partial charge in [0.1, 0.15) is 5.82 Å². The lowest BCUT2D eigenvalue weighted by molar-refractivity contribution is 0.568. The summed E-state index contributed by atoms with van der Waals surface area (Å²) in [6.07, 6.45) is 1.82. The number of aromatic nitrogens is 2. The van der Waals surface area contributed by atoms with Crippen LogP contribution in [0.5, 0.6) is 0 Å². The zero-order chi connectivity index (χ0) is 14.1. The summed E-state index contributed by atoms with van der Waals surface area (Å²) in [4.78, 5) is 1.17. The Morgan fingerprint density at radius 3 is 2.95 bits per heavy atom. The van der Waals surface area contributed by atoms with Crippen molar-refractivity contribution in [1.29, 1.82) is 0 Å². The molecule has 0 spiro atoms. The van der Waals surface area contributed by atoms with Crippen LogP contribution in [-0.2, 0) is 6.54 Å². The number of hydrogen-bond acceptors (Lipinski definition) is 3. The molecule has 0 aliphatic heterocycles. The minimum atomic E-state index is -0.189. The first-order chi connectivity index (χ1) is 9.72. The zero-order valence-electron chi connectivity index (χ0n) is 11.4. The molecule has 3 aromatic rings. The van der Waals surface area contributed by atoms with Gasteiger partial charge < -0.3 is 5.32 Å². The van der Waals surface area contributed by atoms with E-state index in [0.29, 0.717) is 0 Å². The Kier molecular flexibility index (Phi) is 3.54. The molecule has 0 saturated carbocycles. The van der Waals surface area contributed by atoms with Crippen molar-refractivity contribution < 1.29 is 4.39 Å². The quantitative estimate of drug-likeness (QED) is 0.796. The van der Waals surface area contributed by atoms with Gasteiger partial charge >= 0.3 is 0 Å². The third-order valence-corrected chi connectivity index (χ3v) is 4.58. The number of nitrogens with zero attached hydrogens (tertiary/aromatic N) is 2. The second-order valence-corrected chi connectivity index (χ2v) is 5.74. The van der Waals surface area contributed by atoms with Gasteiger partial charge in [0, 0.05) is 22.3 Å². The fourth-order valence-electron chi connectivity index (χ4n) is 2.46. The van der Waals surface area contributed by atoms with Gasteiger partial charge in [-0.15, -0.1) is 11.3 Å². The summed E-state index contributed by atoms with van der Waals surface area (Å²) in [6, 6.07) is 9.15. The van der Waals surface area contributed by atoms with E-state index in [1.165, 1.54) is 10.9 Å². The lowest BCUT2D eigenvalue weighted by Crippen LogP contribution is -2.20. The van der Waals surface area contributed by atoms with Crippen LogP contribution in [0.1, 0.15) is 23.5 Å². The maximum Gasteiger partial charge on any atom is 0.124 e. The van der Waals surface area contributed by atoms with E-state index >= 15 is 0 Å². The third-order valence-electron chi connectivity index (χ3n) is 3.42. The van der Waals surface area contributed by atoms with Crippen LogP contribution in [0, 0.1) is 5.82 Å². The Balaban J connectivity index is 2.07. The Hall–Kier alpha value is -1.72. The predicted octanol–water partition coefficient (Wildman–Crippen LogP) is 3.57. The Bertz CT molecular complexity index is 732. The number of aryl methyl sites for hydroxylation is 1. The number of nitrogens with one attached hydrogen (secondary N) is 1. The molecule has 0 amide bonds. The highest BCUT2D eigenvalue weighted by molar-refractivity contribution is 7.19. The van der Waals surface area contributed by atoms with Crippen molar-refractivity contribution in [2.75, 3.05) is 7.05 Å². The van der Waals surface area contributed by atoms with Gasteiger partial charge in [-0.1, -0.05) is 6.07 Å². The van der Waals surface area contributed by atoms with Crippen molar-refractivity contribution >= 4 is 21.4 Å². The standard InChI is InChI=1S/C15H16FN3S/c1-3-19-12(6-7-18-19)15(17-2)14-8-10-4-5-11(16)9-13(10)20-14/h4-9,15,17H,3H2,1-2H3. The molecule has 5 heteroatoms. The molecule has 3 rings (SSSR count). The van der Waals surface area contributed by atoms with E-state index in [0.717, 1.165) is 22.3 Å². The third kappa shape index (κ3) is 2.23. The average molecular weight is 289 g/mol. The van der Waals surface area contributed by atoms with Crippen LogP contribution < -0.4 is 5.32 Å². The SMILES string of the molecule is CCn1nccc1C(NC)c1cc2ccc(F)cc2s1. The summed E-state index contributed by atoms with van der Waals surface area (Å²) < 4.78 is 16.3. The molecule has 1 atom stereocenters. The normalized spacial score (nSPS) is 12.9. The summed E-state index contributed by atoms with van der Waals surface area (Å²) >= 11 is 1.62. The Morgan fingerprint density at radius 2 is 2.20 bits per heavy atom. The molecule has 0 fully saturated rings. The summed E-state index contributed by atoms with van der Waals surface area (Å²) in [6.45, 7) is 2.91. The van der Waals surface area contributed by atoms with Gasteiger partial charge in [-0.2, -0.15) is 5.10 Å². The van der Waals surface area contributed by atoms with E-state index in [-0.39, 0.29) is 11.9 Å². The molecule has 104 valence electrons. The van der Waals surface area contributed by atoms with Gasteiger partial charge in [-0.25, -0.2) is 4.39 Å². The van der Waals surface area contributed by atoms with Crippen LogP contribution in [0.2, 0.25) is 0 Å². The molecule has 0 aliphatic carbocycles. The monoisotopic (exact) mass is 289 g/mol. The number of halogens is 1. The number of benzene rings is 1. The molecule has 1 aromatic carbocycles. The lowest BCUT2D eigenvalue weighted by Gasteiger charge is -2.15. The lowest BCUT2D eigenvalue weighted by atomic mass is 10.1. The fourth-order valence-corrected chi connectivity index (χ4v) is 3.67. The second-order valence-electron chi connectivity index (χ2n) is 4.62. The van der Waals surface area contributed by atoms with E-state index in [9.17, 15) is 4.39 Å². The molecule has 2 aromatic heterocycles. The molecule has 3 nitrogen and oxygen atoms in total. The van der Waals surface area contributed by atoms with Crippen LogP contribution in [0.4, 0.5) is 4.39 Å². The summed E-state index contributed by atoms with van der Waals surface area (Å²) in [5, 5.41) is 8.72. The van der Waals surface area contributed by atoms with Crippen molar-refractivity contribution in [3.63, 3.8) is 0 Å². The fraction of sp³-hybridized carbons (Fsp3) is 0.267. The van der Waals surface area contributed by atoms with Gasteiger partial charge in [0.05, 0.1) is 11.7 Å². The van der Waals surface area contributed by atoms with Crippen molar-refractivity contribution in [2.45, 2.75) is 19.5 Å². The molecule has 20 heavy (non-hydrogen) atoms. The second kappa shape index (κ2) is 5.34. The maximum absolute atomic E-state index is 13.3. The van der Waals surface area contributed by atoms with E-state index in [4.69, 9.17) is 0 Å². The molecule has 2 heterocycles. The number of hydrogen-bond donors (Lipinski definition) is 1. The Labute approximate surface area is 121 Å². The minimum absolute atomic E-state index is 0.0814. The van der Waals surface area contributed by atoms with E-state index in [2.05, 4.69) is 23.4 Å². The molecule has 0 aliphatic rings. The summed E-state index contributed by atoms with van der Waals surface area (Å²) in [5.74, 6) is -0.189. The smallest absolute Gasteiger partial charge is 0.124 e. The van der Waals surface area contributed by atoms with Crippen LogP contribution in [0.25, 0.3) is 10.1 Å². The predicted molar refractivity (Wildman–Crippen MR) is 80.6 cm³/mol. The summed E-state index contributed by atoms with van der Waals surface area (Å²) in [7, 11) is 1.93. The van der Waals surface area contributed by atoms with Gasteiger partial charge in [-0.05, 0) is 43.6 Å². The van der Waals surface area contributed by atoms with Crippen molar-refractivity contribution in [2.24, 2.45) is 0 Å². The molecule has 0 radical (unpaired) electrons. The van der Waals surface area contributed by atoms with E-state index < -0.39 is 0 Å². The molecule has 0 saturated heterocycles. The van der Waals surface area contributed by atoms with Gasteiger partial charge in [-0.3, -0.25) is 4.68 Å². The minimum Gasteiger partial charge on any atom is -0.307 e. The highest BCUT2D eigenvalue weighted by atomic mass is 32.1. The number of thiophene rings is 1. The zero-order valence-corrected chi connectivity index (χ0v) is 12.2. The highest BCUT2D eigenvalue weighted by Crippen LogP contribution is 2.33. The first kappa shape index (κ1) is 13.3. The molecule has 0 bridgehead atoms. The van der Waals surface area contributed by atoms with Crippen LogP contribution >= 0.6 is 11.3 Å². The highest BCUT2D eigenvalue weighted by Gasteiger charge is 2.18. The average Bonchev–Trinajstić information content (AvgIpc) is 3.05. The first-order valence-electron chi connectivity index (χ1n) is 6.61.